The Morgan fingerprint density at radius 1 is 1.24 bits per heavy atom. The second kappa shape index (κ2) is 8.44. The lowest BCUT2D eigenvalue weighted by Crippen LogP contribution is -2.37. The van der Waals surface area contributed by atoms with Gasteiger partial charge in [-0.25, -0.2) is 0 Å². The summed E-state index contributed by atoms with van der Waals surface area (Å²) in [5.41, 5.74) is 0.952. The quantitative estimate of drug-likeness (QED) is 0.815. The fourth-order valence-corrected chi connectivity index (χ4v) is 2.65. The minimum Gasteiger partial charge on any atom is -0.383 e. The number of hydrogen-bond acceptors (Lipinski definition) is 4. The van der Waals surface area contributed by atoms with Gasteiger partial charge < -0.3 is 15.0 Å². The normalized spacial score (nSPS) is 10.3. The van der Waals surface area contributed by atoms with E-state index in [0.29, 0.717) is 26.2 Å². The summed E-state index contributed by atoms with van der Waals surface area (Å²) in [5.74, 6) is 0.0734. The maximum absolute atomic E-state index is 12.4. The van der Waals surface area contributed by atoms with Crippen molar-refractivity contribution in [1.82, 2.24) is 4.90 Å². The van der Waals surface area contributed by atoms with Crippen molar-refractivity contribution < 1.29 is 9.53 Å². The molecule has 1 amide bonds. The van der Waals surface area contributed by atoms with Crippen molar-refractivity contribution >= 4 is 22.9 Å². The minimum absolute atomic E-state index is 0.0734. The van der Waals surface area contributed by atoms with Crippen LogP contribution in [0.3, 0.4) is 0 Å². The SMILES string of the molecule is COCCN(Cc1cccs1)C(=O)CNc1ccccc1. The van der Waals surface area contributed by atoms with Crippen LogP contribution < -0.4 is 5.32 Å². The molecule has 0 spiro atoms. The molecule has 4 nitrogen and oxygen atoms in total. The lowest BCUT2D eigenvalue weighted by molar-refractivity contribution is -0.130. The lowest BCUT2D eigenvalue weighted by atomic mass is 10.3. The van der Waals surface area contributed by atoms with E-state index in [0.717, 1.165) is 5.69 Å². The third-order valence-electron chi connectivity index (χ3n) is 3.06. The smallest absolute Gasteiger partial charge is 0.242 e. The molecule has 1 N–H and O–H groups in total. The van der Waals surface area contributed by atoms with Crippen LogP contribution in [0.25, 0.3) is 0 Å². The van der Waals surface area contributed by atoms with E-state index in [9.17, 15) is 4.79 Å². The average molecular weight is 304 g/mol. The van der Waals surface area contributed by atoms with Crippen molar-refractivity contribution in [2.45, 2.75) is 6.54 Å². The summed E-state index contributed by atoms with van der Waals surface area (Å²) in [4.78, 5) is 15.4. The Morgan fingerprint density at radius 3 is 2.71 bits per heavy atom. The predicted octanol–water partition coefficient (Wildman–Crippen LogP) is 2.84. The van der Waals surface area contributed by atoms with E-state index in [1.54, 1.807) is 18.4 Å². The molecule has 2 aromatic rings. The fraction of sp³-hybridized carbons (Fsp3) is 0.312. The van der Waals surface area contributed by atoms with Crippen molar-refractivity contribution in [2.75, 3.05) is 32.1 Å². The van der Waals surface area contributed by atoms with Crippen LogP contribution in [0.1, 0.15) is 4.88 Å². The molecule has 2 rings (SSSR count). The van der Waals surface area contributed by atoms with Gasteiger partial charge in [0.1, 0.15) is 0 Å². The molecule has 0 bridgehead atoms. The molecule has 1 heterocycles. The Morgan fingerprint density at radius 2 is 2.05 bits per heavy atom. The van der Waals surface area contributed by atoms with Gasteiger partial charge in [-0.05, 0) is 23.6 Å². The van der Waals surface area contributed by atoms with E-state index < -0.39 is 0 Å². The third-order valence-corrected chi connectivity index (χ3v) is 3.92. The maximum Gasteiger partial charge on any atom is 0.242 e. The second-order valence-electron chi connectivity index (χ2n) is 4.61. The molecule has 21 heavy (non-hydrogen) atoms. The molecule has 1 aromatic carbocycles. The summed E-state index contributed by atoms with van der Waals surface area (Å²) in [6.45, 7) is 2.07. The Kier molecular flexibility index (Phi) is 6.24. The zero-order valence-corrected chi connectivity index (χ0v) is 12.9. The topological polar surface area (TPSA) is 41.6 Å². The summed E-state index contributed by atoms with van der Waals surface area (Å²) in [5, 5.41) is 5.18. The van der Waals surface area contributed by atoms with Gasteiger partial charge >= 0.3 is 0 Å². The van der Waals surface area contributed by atoms with E-state index in [1.807, 2.05) is 52.7 Å². The first-order chi connectivity index (χ1) is 10.3. The number of para-hydroxylation sites is 1. The van der Waals surface area contributed by atoms with Gasteiger partial charge in [0, 0.05) is 24.2 Å². The van der Waals surface area contributed by atoms with Crippen LogP contribution in [-0.4, -0.2) is 37.6 Å². The van der Waals surface area contributed by atoms with E-state index in [4.69, 9.17) is 4.74 Å². The summed E-state index contributed by atoms with van der Waals surface area (Å²) < 4.78 is 5.09. The Balaban J connectivity index is 1.90. The Bertz CT molecular complexity index is 528. The molecule has 0 saturated carbocycles. The molecule has 5 heteroatoms. The van der Waals surface area contributed by atoms with Gasteiger partial charge in [-0.2, -0.15) is 0 Å². The van der Waals surface area contributed by atoms with Crippen LogP contribution in [0.4, 0.5) is 5.69 Å². The number of nitrogens with zero attached hydrogens (tertiary/aromatic N) is 1. The number of amides is 1. The van der Waals surface area contributed by atoms with Crippen molar-refractivity contribution in [3.05, 3.63) is 52.7 Å². The molecule has 0 unspecified atom stereocenters. The van der Waals surface area contributed by atoms with Crippen LogP contribution in [0, 0.1) is 0 Å². The molecular formula is C16H20N2O2S. The average Bonchev–Trinajstić information content (AvgIpc) is 3.03. The zero-order chi connectivity index (χ0) is 14.9. The number of carbonyl (C=O) groups excluding carboxylic acids is 1. The van der Waals surface area contributed by atoms with Gasteiger partial charge in [-0.3, -0.25) is 4.79 Å². The van der Waals surface area contributed by atoms with Gasteiger partial charge in [0.15, 0.2) is 0 Å². The summed E-state index contributed by atoms with van der Waals surface area (Å²) in [6, 6.07) is 13.8. The van der Waals surface area contributed by atoms with Crippen molar-refractivity contribution in [3.63, 3.8) is 0 Å². The van der Waals surface area contributed by atoms with Crippen LogP contribution in [-0.2, 0) is 16.1 Å². The summed E-state index contributed by atoms with van der Waals surface area (Å²) >= 11 is 1.66. The number of rotatable bonds is 8. The fourth-order valence-electron chi connectivity index (χ4n) is 1.93. The van der Waals surface area contributed by atoms with E-state index in [2.05, 4.69) is 5.32 Å². The number of anilines is 1. The van der Waals surface area contributed by atoms with Crippen molar-refractivity contribution in [1.29, 1.82) is 0 Å². The van der Waals surface area contributed by atoms with Gasteiger partial charge in [0.25, 0.3) is 0 Å². The van der Waals surface area contributed by atoms with Crippen LogP contribution in [0.2, 0.25) is 0 Å². The number of methoxy groups -OCH3 is 1. The van der Waals surface area contributed by atoms with E-state index >= 15 is 0 Å². The van der Waals surface area contributed by atoms with Crippen LogP contribution >= 0.6 is 11.3 Å². The number of ether oxygens (including phenoxy) is 1. The molecule has 112 valence electrons. The first-order valence-electron chi connectivity index (χ1n) is 6.87. The molecule has 0 radical (unpaired) electrons. The summed E-state index contributed by atoms with van der Waals surface area (Å²) in [7, 11) is 1.65. The highest BCUT2D eigenvalue weighted by molar-refractivity contribution is 7.09. The molecule has 1 aromatic heterocycles. The first-order valence-corrected chi connectivity index (χ1v) is 7.75. The van der Waals surface area contributed by atoms with Crippen LogP contribution in [0.5, 0.6) is 0 Å². The standard InChI is InChI=1S/C16H20N2O2S/c1-20-10-9-18(13-15-8-5-11-21-15)16(19)12-17-14-6-3-2-4-7-14/h2-8,11,17H,9-10,12-13H2,1H3. The van der Waals surface area contributed by atoms with Gasteiger partial charge in [-0.1, -0.05) is 24.3 Å². The highest BCUT2D eigenvalue weighted by Crippen LogP contribution is 2.12. The van der Waals surface area contributed by atoms with E-state index in [-0.39, 0.29) is 5.91 Å². The minimum atomic E-state index is 0.0734. The molecule has 0 aliphatic heterocycles. The first kappa shape index (κ1) is 15.5. The lowest BCUT2D eigenvalue weighted by Gasteiger charge is -2.22. The van der Waals surface area contributed by atoms with Gasteiger partial charge in [0.2, 0.25) is 5.91 Å². The monoisotopic (exact) mass is 304 g/mol. The molecule has 0 atom stereocenters. The summed E-state index contributed by atoms with van der Waals surface area (Å²) in [6.07, 6.45) is 0. The van der Waals surface area contributed by atoms with E-state index in [1.165, 1.54) is 4.88 Å². The highest BCUT2D eigenvalue weighted by atomic mass is 32.1. The Hall–Kier alpha value is -1.85. The Labute approximate surface area is 129 Å². The van der Waals surface area contributed by atoms with Crippen molar-refractivity contribution in [3.8, 4) is 0 Å². The number of carbonyl (C=O) groups is 1. The third kappa shape index (κ3) is 5.21. The van der Waals surface area contributed by atoms with Crippen molar-refractivity contribution in [2.24, 2.45) is 0 Å². The molecule has 0 saturated heterocycles. The predicted molar refractivity (Wildman–Crippen MR) is 86.5 cm³/mol. The molecule has 0 fully saturated rings. The number of thiophene rings is 1. The number of benzene rings is 1. The number of nitrogens with one attached hydrogen (secondary N) is 1. The number of hydrogen-bond donors (Lipinski definition) is 1. The van der Waals surface area contributed by atoms with Crippen LogP contribution in [0.15, 0.2) is 47.8 Å². The highest BCUT2D eigenvalue weighted by Gasteiger charge is 2.14. The largest absolute Gasteiger partial charge is 0.383 e. The maximum atomic E-state index is 12.4. The van der Waals surface area contributed by atoms with Gasteiger partial charge in [0.05, 0.1) is 19.7 Å². The molecule has 0 aliphatic rings. The second-order valence-corrected chi connectivity index (χ2v) is 5.64. The molecular weight excluding hydrogens is 284 g/mol. The zero-order valence-electron chi connectivity index (χ0n) is 12.1. The van der Waals surface area contributed by atoms with Gasteiger partial charge in [-0.15, -0.1) is 11.3 Å². The molecule has 0 aliphatic carbocycles.